The Balaban J connectivity index is 0.000000142. The summed E-state index contributed by atoms with van der Waals surface area (Å²) in [7, 11) is 0. The standard InChI is InChI=1S/C20H29FN4O2.C20H28N4O2.C19H26N4O2/c1-18(2,3)25-16-13(7-8-14(23-16)19(4,5)27)22-17(25)24-15(26)9-12-10-20(6,21)11-12;1-18(2,26)14-7-6-13-16(22-14)24(20(4)8-5-9-20)17(21-13)23-15(25)12-19(3)10-11-19;1-18(2,25)14-8-7-13-16(21-14)23(12-5-4-6-12)17(20-13)22-15(24)11-19(3)9-10-19/h7-8,12,27H,9-11H2,1-6H3,(H,22,24,26);6-7,26H,5,8-12H2,1-4H3,(H,21,23,25);7-8,12,25H,4-6,9-11H2,1-3H3,(H,20,22,24). The van der Waals surface area contributed by atoms with Crippen LogP contribution in [-0.4, -0.2) is 82.3 Å². The van der Waals surface area contributed by atoms with Crippen LogP contribution in [0.2, 0.25) is 0 Å². The summed E-state index contributed by atoms with van der Waals surface area (Å²) >= 11 is 0. The van der Waals surface area contributed by atoms with E-state index >= 15 is 0 Å². The summed E-state index contributed by atoms with van der Waals surface area (Å²) in [6.07, 6.45) is 13.2. The van der Waals surface area contributed by atoms with Crippen LogP contribution in [0.15, 0.2) is 36.4 Å². The average molecular weight is 1080 g/mol. The number of fused-ring (bicyclic) bond motifs is 3. The van der Waals surface area contributed by atoms with Gasteiger partial charge in [0.25, 0.3) is 0 Å². The number of nitrogens with one attached hydrogen (secondary N) is 3. The van der Waals surface area contributed by atoms with Crippen molar-refractivity contribution in [1.29, 1.82) is 0 Å². The van der Waals surface area contributed by atoms with E-state index in [1.165, 1.54) is 6.42 Å². The molecule has 5 saturated carbocycles. The molecular formula is C59H83FN12O6. The van der Waals surface area contributed by atoms with Gasteiger partial charge < -0.3 is 15.3 Å². The summed E-state index contributed by atoms with van der Waals surface area (Å²) in [5, 5.41) is 39.8. The van der Waals surface area contributed by atoms with Gasteiger partial charge in [0.1, 0.15) is 39.0 Å². The Bertz CT molecular complexity index is 3250. The molecule has 5 aliphatic rings. The molecule has 0 aliphatic heterocycles. The molecule has 6 aromatic heterocycles. The first-order valence-electron chi connectivity index (χ1n) is 28.1. The van der Waals surface area contributed by atoms with E-state index in [4.69, 9.17) is 4.98 Å². The quantitative estimate of drug-likeness (QED) is 0.0597. The van der Waals surface area contributed by atoms with Gasteiger partial charge in [0, 0.05) is 36.4 Å². The number of halogens is 1. The Morgan fingerprint density at radius 1 is 0.564 bits per heavy atom. The number of anilines is 3. The second-order valence-corrected chi connectivity index (χ2v) is 27.3. The van der Waals surface area contributed by atoms with Gasteiger partial charge in [-0.1, -0.05) is 13.8 Å². The molecule has 0 unspecified atom stereocenters. The lowest BCUT2D eigenvalue weighted by molar-refractivity contribution is -0.119. The lowest BCUT2D eigenvalue weighted by atomic mass is 9.72. The number of pyridine rings is 3. The molecule has 0 atom stereocenters. The van der Waals surface area contributed by atoms with E-state index in [1.54, 1.807) is 72.7 Å². The number of aromatic nitrogens is 9. The molecule has 0 radical (unpaired) electrons. The molecule has 0 bridgehead atoms. The predicted molar refractivity (Wildman–Crippen MR) is 300 cm³/mol. The van der Waals surface area contributed by atoms with E-state index in [0.717, 1.165) is 80.1 Å². The van der Waals surface area contributed by atoms with Crippen LogP contribution in [0.1, 0.15) is 209 Å². The number of hydrogen-bond acceptors (Lipinski definition) is 12. The Morgan fingerprint density at radius 3 is 1.41 bits per heavy atom. The molecule has 0 saturated heterocycles. The third kappa shape index (κ3) is 12.6. The zero-order valence-corrected chi connectivity index (χ0v) is 48.2. The van der Waals surface area contributed by atoms with Gasteiger partial charge in [-0.3, -0.25) is 44.0 Å². The lowest BCUT2D eigenvalue weighted by Crippen LogP contribution is -2.38. The smallest absolute Gasteiger partial charge is 0.227 e. The SMILES string of the molecule is CC1(CC(=O)Nc2nc3ccc(C(C)(C)O)nc3n2C2(C)CCC2)CC1.CC1(CC(=O)Nc2nc3ccc(C(C)(C)O)nc3n2C2CCC2)CC1.CC1(F)CC(CC(=O)Nc2nc3ccc(C(C)(C)O)nc3n2C(C)(C)C)C1. The zero-order chi connectivity index (χ0) is 56.8. The highest BCUT2D eigenvalue weighted by Crippen LogP contribution is 2.50. The third-order valence-corrected chi connectivity index (χ3v) is 16.5. The number of hydrogen-bond donors (Lipinski definition) is 6. The van der Waals surface area contributed by atoms with Crippen molar-refractivity contribution in [3.63, 3.8) is 0 Å². The van der Waals surface area contributed by atoms with Crippen LogP contribution in [0.4, 0.5) is 22.2 Å². The molecule has 5 fully saturated rings. The van der Waals surface area contributed by atoms with Crippen molar-refractivity contribution in [2.75, 3.05) is 16.0 Å². The van der Waals surface area contributed by atoms with Crippen LogP contribution in [0.3, 0.4) is 0 Å². The Morgan fingerprint density at radius 2 is 0.987 bits per heavy atom. The van der Waals surface area contributed by atoms with Crippen LogP contribution >= 0.6 is 0 Å². The first-order valence-corrected chi connectivity index (χ1v) is 28.1. The summed E-state index contributed by atoms with van der Waals surface area (Å²) in [6, 6.07) is 11.2. The Labute approximate surface area is 457 Å². The fraction of sp³-hybridized carbons (Fsp3) is 0.644. The van der Waals surface area contributed by atoms with Crippen molar-refractivity contribution in [2.24, 2.45) is 16.7 Å². The molecule has 0 aromatic carbocycles. The second-order valence-electron chi connectivity index (χ2n) is 27.3. The van der Waals surface area contributed by atoms with E-state index < -0.39 is 22.5 Å². The number of nitrogens with zero attached hydrogens (tertiary/aromatic N) is 9. The number of amides is 3. The molecule has 6 N–H and O–H groups in total. The fourth-order valence-corrected chi connectivity index (χ4v) is 10.8. The molecule has 11 rings (SSSR count). The first kappa shape index (κ1) is 56.8. The molecule has 0 spiro atoms. The maximum Gasteiger partial charge on any atom is 0.227 e. The number of carbonyl (C=O) groups is 3. The van der Waals surface area contributed by atoms with E-state index in [2.05, 4.69) is 70.8 Å². The second kappa shape index (κ2) is 20.0. The predicted octanol–water partition coefficient (Wildman–Crippen LogP) is 11.1. The fourth-order valence-electron chi connectivity index (χ4n) is 10.8. The van der Waals surface area contributed by atoms with E-state index in [1.807, 2.05) is 37.5 Å². The number of imidazole rings is 3. The Kier molecular flexibility index (Phi) is 14.6. The molecule has 6 aromatic rings. The lowest BCUT2D eigenvalue weighted by Gasteiger charge is -2.40. The van der Waals surface area contributed by atoms with Gasteiger partial charge in [-0.05, 0) is 206 Å². The van der Waals surface area contributed by atoms with Gasteiger partial charge >= 0.3 is 0 Å². The van der Waals surface area contributed by atoms with E-state index in [-0.39, 0.29) is 52.0 Å². The summed E-state index contributed by atoms with van der Waals surface area (Å²) < 4.78 is 19.7. The Hall–Kier alpha value is -5.92. The number of alkyl halides is 1. The molecule has 422 valence electrons. The van der Waals surface area contributed by atoms with Crippen LogP contribution in [0.25, 0.3) is 33.5 Å². The maximum atomic E-state index is 13.6. The molecule has 19 heteroatoms. The highest BCUT2D eigenvalue weighted by atomic mass is 19.1. The van der Waals surface area contributed by atoms with E-state index in [9.17, 15) is 34.1 Å². The van der Waals surface area contributed by atoms with Gasteiger partial charge in [0.2, 0.25) is 35.6 Å². The van der Waals surface area contributed by atoms with Crippen molar-refractivity contribution < 1.29 is 34.1 Å². The van der Waals surface area contributed by atoms with Crippen LogP contribution < -0.4 is 16.0 Å². The number of aliphatic hydroxyl groups is 3. The molecule has 6 heterocycles. The highest BCUT2D eigenvalue weighted by molar-refractivity contribution is 5.93. The van der Waals surface area contributed by atoms with Crippen LogP contribution in [-0.2, 0) is 42.3 Å². The number of carbonyl (C=O) groups excluding carboxylic acids is 3. The average Bonchev–Trinajstić information content (AvgIpc) is 4.23. The van der Waals surface area contributed by atoms with Crippen molar-refractivity contribution >= 4 is 69.1 Å². The van der Waals surface area contributed by atoms with Crippen molar-refractivity contribution in [2.45, 2.75) is 226 Å². The van der Waals surface area contributed by atoms with Crippen molar-refractivity contribution in [1.82, 2.24) is 43.6 Å². The monoisotopic (exact) mass is 1070 g/mol. The van der Waals surface area contributed by atoms with Gasteiger partial charge in [-0.15, -0.1) is 0 Å². The number of rotatable bonds is 14. The largest absolute Gasteiger partial charge is 0.384 e. The minimum atomic E-state index is -1.14. The van der Waals surface area contributed by atoms with Crippen molar-refractivity contribution in [3.8, 4) is 0 Å². The maximum absolute atomic E-state index is 13.6. The van der Waals surface area contributed by atoms with E-state index in [0.29, 0.717) is 77.8 Å². The molecule has 78 heavy (non-hydrogen) atoms. The highest BCUT2D eigenvalue weighted by Gasteiger charge is 2.43. The topological polar surface area (TPSA) is 240 Å². The molecule has 18 nitrogen and oxygen atoms in total. The van der Waals surface area contributed by atoms with Gasteiger partial charge in [-0.2, -0.15) is 0 Å². The summed E-state index contributed by atoms with van der Waals surface area (Å²) in [5.41, 5.74) is 1.63. The molecular weight excluding hydrogens is 992 g/mol. The van der Waals surface area contributed by atoms with Gasteiger partial charge in [-0.25, -0.2) is 34.3 Å². The van der Waals surface area contributed by atoms with Crippen LogP contribution in [0.5, 0.6) is 0 Å². The van der Waals surface area contributed by atoms with Gasteiger partial charge in [0.15, 0.2) is 16.9 Å². The summed E-state index contributed by atoms with van der Waals surface area (Å²) in [5.74, 6) is 1.55. The molecule has 3 amide bonds. The third-order valence-electron chi connectivity index (χ3n) is 16.5. The minimum absolute atomic E-state index is 0.0205. The van der Waals surface area contributed by atoms with Crippen LogP contribution in [0, 0.1) is 16.7 Å². The first-order chi connectivity index (χ1) is 36.1. The minimum Gasteiger partial charge on any atom is -0.384 e. The summed E-state index contributed by atoms with van der Waals surface area (Å²) in [4.78, 5) is 65.2. The summed E-state index contributed by atoms with van der Waals surface area (Å²) in [6.45, 7) is 24.3. The van der Waals surface area contributed by atoms with Gasteiger partial charge in [0.05, 0.1) is 17.1 Å². The normalized spacial score (nSPS) is 21.3. The molecule has 5 aliphatic carbocycles. The zero-order valence-electron chi connectivity index (χ0n) is 48.2. The van der Waals surface area contributed by atoms with Crippen molar-refractivity contribution in [3.05, 3.63) is 53.5 Å².